The molecule has 1 N–H and O–H groups in total. The molecule has 1 heterocycles. The van der Waals surface area contributed by atoms with E-state index in [1.807, 2.05) is 24.3 Å². The van der Waals surface area contributed by atoms with Crippen LogP contribution in [0.2, 0.25) is 5.02 Å². The van der Waals surface area contributed by atoms with Crippen LogP contribution in [0.15, 0.2) is 29.4 Å². The molecular weight excluding hydrogens is 212 g/mol. The van der Waals surface area contributed by atoms with E-state index in [1.54, 1.807) is 0 Å². The third-order valence-electron chi connectivity index (χ3n) is 2.18. The first-order valence-corrected chi connectivity index (χ1v) is 4.95. The van der Waals surface area contributed by atoms with Gasteiger partial charge in [0.2, 0.25) is 0 Å². The molecule has 0 unspecified atom stereocenters. The summed E-state index contributed by atoms with van der Waals surface area (Å²) in [6, 6.07) is 7.71. The smallest absolute Gasteiger partial charge is 0.0457 e. The van der Waals surface area contributed by atoms with E-state index < -0.39 is 0 Å². The molecule has 0 atom stereocenters. The summed E-state index contributed by atoms with van der Waals surface area (Å²) in [5.41, 5.74) is 10.3. The fraction of sp³-hybridized carbons (Fsp3) is 0.200. The number of rotatable bonds is 3. The zero-order valence-corrected chi connectivity index (χ0v) is 8.70. The lowest BCUT2D eigenvalue weighted by Gasteiger charge is -1.90. The van der Waals surface area contributed by atoms with Crippen LogP contribution in [0.25, 0.3) is 21.3 Å². The average Bonchev–Trinajstić information content (AvgIpc) is 2.60. The fourth-order valence-corrected chi connectivity index (χ4v) is 1.69. The molecule has 0 aliphatic heterocycles. The van der Waals surface area contributed by atoms with Crippen LogP contribution in [0.3, 0.4) is 0 Å². The SMILES string of the molecule is [N-]=[N+]=NCCc1cc2cc(Cl)ccc2[nH]1. The molecule has 0 spiro atoms. The minimum atomic E-state index is 0.469. The van der Waals surface area contributed by atoms with E-state index in [0.717, 1.165) is 28.0 Å². The Hall–Kier alpha value is -1.64. The molecule has 0 amide bonds. The van der Waals surface area contributed by atoms with Crippen molar-refractivity contribution in [1.82, 2.24) is 4.98 Å². The summed E-state index contributed by atoms with van der Waals surface area (Å²) in [4.78, 5) is 5.95. The third-order valence-corrected chi connectivity index (χ3v) is 2.42. The normalized spacial score (nSPS) is 10.2. The maximum absolute atomic E-state index is 8.15. The van der Waals surface area contributed by atoms with Crippen molar-refractivity contribution < 1.29 is 0 Å². The van der Waals surface area contributed by atoms with Crippen molar-refractivity contribution in [3.63, 3.8) is 0 Å². The van der Waals surface area contributed by atoms with Crippen LogP contribution < -0.4 is 0 Å². The lowest BCUT2D eigenvalue weighted by Crippen LogP contribution is -1.87. The first-order chi connectivity index (χ1) is 7.29. The highest BCUT2D eigenvalue weighted by Crippen LogP contribution is 2.20. The van der Waals surface area contributed by atoms with Crippen molar-refractivity contribution >= 4 is 22.5 Å². The van der Waals surface area contributed by atoms with E-state index in [1.165, 1.54) is 0 Å². The number of benzene rings is 1. The van der Waals surface area contributed by atoms with Crippen molar-refractivity contribution in [2.45, 2.75) is 6.42 Å². The Morgan fingerprint density at radius 2 is 2.27 bits per heavy atom. The van der Waals surface area contributed by atoms with Crippen LogP contribution in [-0.4, -0.2) is 11.5 Å². The Balaban J connectivity index is 2.26. The molecule has 0 bridgehead atoms. The molecule has 1 aromatic heterocycles. The average molecular weight is 221 g/mol. The second kappa shape index (κ2) is 4.26. The number of nitrogens with zero attached hydrogens (tertiary/aromatic N) is 3. The van der Waals surface area contributed by atoms with Crippen molar-refractivity contribution in [3.8, 4) is 0 Å². The Kier molecular flexibility index (Phi) is 2.81. The molecule has 15 heavy (non-hydrogen) atoms. The number of H-pyrrole nitrogens is 1. The lowest BCUT2D eigenvalue weighted by atomic mass is 10.2. The van der Waals surface area contributed by atoms with Crippen molar-refractivity contribution in [3.05, 3.63) is 45.4 Å². The highest BCUT2D eigenvalue weighted by atomic mass is 35.5. The lowest BCUT2D eigenvalue weighted by molar-refractivity contribution is 0.929. The van der Waals surface area contributed by atoms with Gasteiger partial charge in [-0.3, -0.25) is 0 Å². The van der Waals surface area contributed by atoms with Crippen molar-refractivity contribution in [2.75, 3.05) is 6.54 Å². The molecule has 0 fully saturated rings. The van der Waals surface area contributed by atoms with Gasteiger partial charge in [0, 0.05) is 33.1 Å². The van der Waals surface area contributed by atoms with Gasteiger partial charge in [-0.15, -0.1) is 0 Å². The highest BCUT2D eigenvalue weighted by Gasteiger charge is 2.00. The zero-order chi connectivity index (χ0) is 10.7. The van der Waals surface area contributed by atoms with Gasteiger partial charge >= 0.3 is 0 Å². The van der Waals surface area contributed by atoms with E-state index in [4.69, 9.17) is 17.1 Å². The predicted molar refractivity (Wildman–Crippen MR) is 61.0 cm³/mol. The second-order valence-electron chi connectivity index (χ2n) is 3.23. The van der Waals surface area contributed by atoms with Crippen LogP contribution in [-0.2, 0) is 6.42 Å². The number of aromatic nitrogens is 1. The van der Waals surface area contributed by atoms with E-state index in [9.17, 15) is 0 Å². The van der Waals surface area contributed by atoms with Gasteiger partial charge in [-0.25, -0.2) is 0 Å². The van der Waals surface area contributed by atoms with E-state index in [-0.39, 0.29) is 0 Å². The fourth-order valence-electron chi connectivity index (χ4n) is 1.51. The minimum absolute atomic E-state index is 0.469. The Labute approximate surface area is 91.5 Å². The third kappa shape index (κ3) is 2.24. The summed E-state index contributed by atoms with van der Waals surface area (Å²) in [5, 5.41) is 5.30. The summed E-state index contributed by atoms with van der Waals surface area (Å²) in [6.07, 6.45) is 0.719. The molecule has 0 aliphatic rings. The molecule has 2 rings (SSSR count). The molecule has 4 nitrogen and oxygen atoms in total. The number of halogens is 1. The summed E-state index contributed by atoms with van der Waals surface area (Å²) >= 11 is 5.87. The Bertz CT molecular complexity index is 525. The number of hydrogen-bond acceptors (Lipinski definition) is 1. The van der Waals surface area contributed by atoms with Gasteiger partial charge in [0.1, 0.15) is 0 Å². The molecular formula is C10H9ClN4. The maximum atomic E-state index is 8.15. The first kappa shape index (κ1) is 9.90. The molecule has 0 saturated heterocycles. The van der Waals surface area contributed by atoms with Gasteiger partial charge in [-0.05, 0) is 36.2 Å². The summed E-state index contributed by atoms with van der Waals surface area (Å²) in [7, 11) is 0. The molecule has 2 aromatic rings. The standard InChI is InChI=1S/C10H9ClN4/c11-8-1-2-10-7(5-8)6-9(14-10)3-4-13-15-12/h1-2,5-6,14H,3-4H2. The summed E-state index contributed by atoms with van der Waals surface area (Å²) < 4.78 is 0. The van der Waals surface area contributed by atoms with Crippen LogP contribution in [0.4, 0.5) is 0 Å². The largest absolute Gasteiger partial charge is 0.358 e. The van der Waals surface area contributed by atoms with Crippen LogP contribution in [0.5, 0.6) is 0 Å². The quantitative estimate of drug-likeness (QED) is 0.466. The van der Waals surface area contributed by atoms with Gasteiger partial charge in [0.15, 0.2) is 0 Å². The number of nitrogens with one attached hydrogen (secondary N) is 1. The minimum Gasteiger partial charge on any atom is -0.358 e. The molecule has 76 valence electrons. The predicted octanol–water partition coefficient (Wildman–Crippen LogP) is 3.67. The van der Waals surface area contributed by atoms with Crippen LogP contribution >= 0.6 is 11.6 Å². The number of hydrogen-bond donors (Lipinski definition) is 1. The maximum Gasteiger partial charge on any atom is 0.0457 e. The topological polar surface area (TPSA) is 64.6 Å². The second-order valence-corrected chi connectivity index (χ2v) is 3.67. The van der Waals surface area contributed by atoms with Crippen molar-refractivity contribution in [2.24, 2.45) is 5.11 Å². The molecule has 0 radical (unpaired) electrons. The molecule has 0 saturated carbocycles. The van der Waals surface area contributed by atoms with Gasteiger partial charge < -0.3 is 4.98 Å². The van der Waals surface area contributed by atoms with E-state index in [2.05, 4.69) is 15.0 Å². The zero-order valence-electron chi connectivity index (χ0n) is 7.94. The Morgan fingerprint density at radius 3 is 3.07 bits per heavy atom. The summed E-state index contributed by atoms with van der Waals surface area (Å²) in [6.45, 7) is 0.469. The molecule has 1 aromatic carbocycles. The van der Waals surface area contributed by atoms with Crippen molar-refractivity contribution in [1.29, 1.82) is 0 Å². The monoisotopic (exact) mass is 220 g/mol. The summed E-state index contributed by atoms with van der Waals surface area (Å²) in [5.74, 6) is 0. The van der Waals surface area contributed by atoms with E-state index in [0.29, 0.717) is 6.54 Å². The first-order valence-electron chi connectivity index (χ1n) is 4.57. The van der Waals surface area contributed by atoms with Gasteiger partial charge in [-0.1, -0.05) is 16.7 Å². The van der Waals surface area contributed by atoms with Crippen LogP contribution in [0.1, 0.15) is 5.69 Å². The number of fused-ring (bicyclic) bond motifs is 1. The highest BCUT2D eigenvalue weighted by molar-refractivity contribution is 6.31. The molecule has 5 heteroatoms. The molecule has 0 aliphatic carbocycles. The van der Waals surface area contributed by atoms with E-state index >= 15 is 0 Å². The van der Waals surface area contributed by atoms with Crippen LogP contribution in [0, 0.1) is 0 Å². The number of aromatic amines is 1. The Morgan fingerprint density at radius 1 is 1.40 bits per heavy atom. The number of azide groups is 1. The van der Waals surface area contributed by atoms with Gasteiger partial charge in [0.25, 0.3) is 0 Å². The van der Waals surface area contributed by atoms with Gasteiger partial charge in [0.05, 0.1) is 0 Å². The van der Waals surface area contributed by atoms with Gasteiger partial charge in [-0.2, -0.15) is 0 Å².